The van der Waals surface area contributed by atoms with E-state index in [1.165, 1.54) is 149 Å². The minimum Gasteiger partial charge on any atom is -0.311 e. The highest BCUT2D eigenvalue weighted by Crippen LogP contribution is 2.59. The lowest BCUT2D eigenvalue weighted by molar-refractivity contribution is 0.332. The van der Waals surface area contributed by atoms with Crippen LogP contribution in [0, 0.1) is 12.8 Å². The topological polar surface area (TPSA) is 6.48 Å². The summed E-state index contributed by atoms with van der Waals surface area (Å²) in [5.74, 6) is 1.36. The monoisotopic (exact) mass is 951 g/mol. The second-order valence-corrected chi connectivity index (χ2v) is 28.5. The number of aryl methyl sites for hydroxylation is 1. The van der Waals surface area contributed by atoms with Gasteiger partial charge in [0.05, 0.1) is 10.7 Å². The largest absolute Gasteiger partial charge is 0.311 e. The van der Waals surface area contributed by atoms with Crippen molar-refractivity contribution in [3.63, 3.8) is 0 Å². The van der Waals surface area contributed by atoms with Crippen molar-refractivity contribution in [3.05, 3.63) is 148 Å². The third-order valence-electron chi connectivity index (χ3n) is 19.9. The molecule has 2 aliphatic heterocycles. The third-order valence-corrected chi connectivity index (χ3v) is 21.0. The second-order valence-electron chi connectivity index (χ2n) is 27.5. The first-order valence-corrected chi connectivity index (χ1v) is 28.2. The molecule has 0 amide bonds. The number of rotatable bonds is 3. The van der Waals surface area contributed by atoms with E-state index in [-0.39, 0.29) is 39.2 Å². The highest BCUT2D eigenvalue weighted by molar-refractivity contribution is 7.26. The van der Waals surface area contributed by atoms with Gasteiger partial charge in [0.1, 0.15) is 0 Å². The van der Waals surface area contributed by atoms with Gasteiger partial charge in [-0.05, 0) is 223 Å². The number of thiophene rings is 1. The quantitative estimate of drug-likeness (QED) is 0.163. The van der Waals surface area contributed by atoms with Crippen LogP contribution < -0.4 is 26.2 Å². The molecule has 1 fully saturated rings. The van der Waals surface area contributed by atoms with Crippen LogP contribution in [0.2, 0.25) is 0 Å². The van der Waals surface area contributed by atoms with E-state index in [1.54, 1.807) is 11.1 Å². The molecule has 7 aromatic rings. The molecule has 2 bridgehead atoms. The lowest BCUT2D eigenvalue weighted by Crippen LogP contribution is -2.61. The van der Waals surface area contributed by atoms with Crippen LogP contribution in [0.4, 0.5) is 33.4 Å². The van der Waals surface area contributed by atoms with E-state index in [0.717, 1.165) is 5.92 Å². The minimum atomic E-state index is -0.0281. The van der Waals surface area contributed by atoms with Crippen LogP contribution in [0.5, 0.6) is 0 Å². The number of nitrogens with zero attached hydrogens (tertiary/aromatic N) is 2. The predicted octanol–water partition coefficient (Wildman–Crippen LogP) is 17.1. The third kappa shape index (κ3) is 6.57. The predicted molar refractivity (Wildman–Crippen MR) is 308 cm³/mol. The molecule has 0 N–H and O–H groups in total. The summed E-state index contributed by atoms with van der Waals surface area (Å²) in [4.78, 5) is 5.49. The van der Waals surface area contributed by atoms with Crippen molar-refractivity contribution in [1.82, 2.24) is 0 Å². The van der Waals surface area contributed by atoms with E-state index in [9.17, 15) is 0 Å². The Labute approximate surface area is 430 Å². The lowest BCUT2D eigenvalue weighted by Gasteiger charge is -2.46. The normalized spacial score (nSPS) is 23.7. The molecular formula is C67H75BN2S. The Hall–Kier alpha value is -5.06. The van der Waals surface area contributed by atoms with Crippen LogP contribution in [0.3, 0.4) is 0 Å². The number of hydrogen-bond acceptors (Lipinski definition) is 3. The van der Waals surface area contributed by atoms with E-state index in [0.29, 0.717) is 5.92 Å². The van der Waals surface area contributed by atoms with Gasteiger partial charge in [-0.3, -0.25) is 0 Å². The summed E-state index contributed by atoms with van der Waals surface area (Å²) in [6, 6.07) is 42.3. The van der Waals surface area contributed by atoms with Crippen molar-refractivity contribution in [1.29, 1.82) is 0 Å². The molecule has 362 valence electrons. The van der Waals surface area contributed by atoms with Crippen molar-refractivity contribution in [3.8, 4) is 11.1 Å². The van der Waals surface area contributed by atoms with Gasteiger partial charge in [0.25, 0.3) is 6.71 Å². The molecule has 6 aromatic carbocycles. The van der Waals surface area contributed by atoms with E-state index in [4.69, 9.17) is 0 Å². The van der Waals surface area contributed by atoms with Crippen molar-refractivity contribution >= 4 is 78.0 Å². The van der Waals surface area contributed by atoms with Gasteiger partial charge in [-0.1, -0.05) is 139 Å². The van der Waals surface area contributed by atoms with E-state index < -0.39 is 0 Å². The first kappa shape index (κ1) is 45.8. The van der Waals surface area contributed by atoms with Gasteiger partial charge in [0, 0.05) is 33.0 Å². The van der Waals surface area contributed by atoms with Gasteiger partial charge in [-0.2, -0.15) is 0 Å². The molecule has 4 heteroatoms. The molecule has 1 saturated carbocycles. The molecule has 6 aliphatic rings. The molecule has 3 heterocycles. The maximum Gasteiger partial charge on any atom is 0.254 e. The zero-order valence-corrected chi connectivity index (χ0v) is 46.1. The summed E-state index contributed by atoms with van der Waals surface area (Å²) in [5, 5.41) is 2.87. The van der Waals surface area contributed by atoms with Crippen molar-refractivity contribution in [2.45, 2.75) is 180 Å². The average Bonchev–Trinajstić information content (AvgIpc) is 3.89. The van der Waals surface area contributed by atoms with Gasteiger partial charge in [0.2, 0.25) is 0 Å². The van der Waals surface area contributed by atoms with Gasteiger partial charge in [-0.15, -0.1) is 11.3 Å². The smallest absolute Gasteiger partial charge is 0.254 e. The molecule has 3 atom stereocenters. The number of hydrogen-bond donors (Lipinski definition) is 0. The summed E-state index contributed by atoms with van der Waals surface area (Å²) in [7, 11) is 0. The zero-order valence-electron chi connectivity index (χ0n) is 45.3. The molecule has 2 nitrogen and oxygen atoms in total. The molecule has 3 unspecified atom stereocenters. The van der Waals surface area contributed by atoms with Crippen molar-refractivity contribution in [2.24, 2.45) is 5.92 Å². The lowest BCUT2D eigenvalue weighted by atomic mass is 9.33. The SMILES string of the molecule is Cc1cc2c3c(c1)N(c1ccc4c(c1)C(C)(C)CCC4(C)C)c1sc4cc5c(cc4c1B3c1cc(C(C)(C)C)ccc1N2c1cc2c(cc1-c1ccccc1)C(C)(C)CCC2(C)C)C1(C)CCC(C1)C5C. The zero-order chi connectivity index (χ0) is 49.7. The van der Waals surface area contributed by atoms with Gasteiger partial charge >= 0.3 is 0 Å². The van der Waals surface area contributed by atoms with Gasteiger partial charge in [0.15, 0.2) is 0 Å². The number of benzene rings is 6. The Kier molecular flexibility index (Phi) is 9.54. The molecular weight excluding hydrogens is 876 g/mol. The van der Waals surface area contributed by atoms with E-state index in [2.05, 4.69) is 221 Å². The Morgan fingerprint density at radius 1 is 0.577 bits per heavy atom. The Balaban J connectivity index is 1.16. The molecule has 0 spiro atoms. The fourth-order valence-corrected chi connectivity index (χ4v) is 16.5. The molecule has 4 aliphatic carbocycles. The van der Waals surface area contributed by atoms with Gasteiger partial charge in [-0.25, -0.2) is 0 Å². The summed E-state index contributed by atoms with van der Waals surface area (Å²) < 4.78 is 1.45. The van der Waals surface area contributed by atoms with Crippen LogP contribution in [-0.2, 0) is 32.5 Å². The molecule has 13 rings (SSSR count). The Bertz CT molecular complexity index is 3410. The fourth-order valence-electron chi connectivity index (χ4n) is 15.2. The number of anilines is 6. The minimum absolute atomic E-state index is 0.0281. The summed E-state index contributed by atoms with van der Waals surface area (Å²) in [6.45, 7) is 34.6. The number of fused-ring (bicyclic) bond motifs is 12. The summed E-state index contributed by atoms with van der Waals surface area (Å²) in [6.07, 6.45) is 8.70. The Morgan fingerprint density at radius 2 is 1.21 bits per heavy atom. The second kappa shape index (κ2) is 14.8. The molecule has 1 aromatic heterocycles. The highest BCUT2D eigenvalue weighted by atomic mass is 32.1. The standard InChI is InChI=1S/C67H75BN2S/c1-39-30-56-60-57(31-39)70(55-37-52-51(65(10,11)28-29-66(52,12)13)34-46(55)41-18-16-15-17-19-41)54-23-20-43(62(3,4)5)32-53(54)68(60)59-47-35-49-45(40(2)42-24-25-67(49,14)38-42)36-58(47)71-61(59)69(56)44-21-22-48-50(33-44)64(8,9)27-26-63(48,6)7/h15-23,30-37,40,42H,24-29,38H2,1-14H3. The summed E-state index contributed by atoms with van der Waals surface area (Å²) in [5.41, 5.74) is 26.0. The first-order chi connectivity index (χ1) is 33.5. The highest BCUT2D eigenvalue weighted by Gasteiger charge is 2.50. The first-order valence-electron chi connectivity index (χ1n) is 27.4. The van der Waals surface area contributed by atoms with Crippen LogP contribution in [-0.4, -0.2) is 6.71 Å². The summed E-state index contributed by atoms with van der Waals surface area (Å²) >= 11 is 2.06. The Morgan fingerprint density at radius 3 is 1.89 bits per heavy atom. The van der Waals surface area contributed by atoms with E-state index in [1.807, 2.05) is 0 Å². The molecule has 71 heavy (non-hydrogen) atoms. The van der Waals surface area contributed by atoms with Crippen LogP contribution in [0.15, 0.2) is 103 Å². The maximum atomic E-state index is 2.75. The van der Waals surface area contributed by atoms with Gasteiger partial charge < -0.3 is 9.80 Å². The molecule has 0 saturated heterocycles. The average molecular weight is 951 g/mol. The van der Waals surface area contributed by atoms with E-state index >= 15 is 0 Å². The van der Waals surface area contributed by atoms with Crippen molar-refractivity contribution < 1.29 is 0 Å². The fraction of sp³-hybridized carbons (Fsp3) is 0.433. The van der Waals surface area contributed by atoms with Crippen LogP contribution in [0.25, 0.3) is 21.2 Å². The molecule has 0 radical (unpaired) electrons. The van der Waals surface area contributed by atoms with Crippen LogP contribution >= 0.6 is 11.3 Å². The van der Waals surface area contributed by atoms with Crippen molar-refractivity contribution in [2.75, 3.05) is 9.80 Å². The van der Waals surface area contributed by atoms with Crippen LogP contribution in [0.1, 0.15) is 185 Å². The maximum absolute atomic E-state index is 2.75.